The minimum atomic E-state index is -0.307. The maximum Gasteiger partial charge on any atom is 0.323 e. The van der Waals surface area contributed by atoms with Crippen LogP contribution in [0.3, 0.4) is 0 Å². The molecule has 8 heteroatoms. The van der Waals surface area contributed by atoms with E-state index < -0.39 is 0 Å². The van der Waals surface area contributed by atoms with Crippen molar-refractivity contribution in [3.05, 3.63) is 90.8 Å². The number of fused-ring (bicyclic) bond motifs is 1. The summed E-state index contributed by atoms with van der Waals surface area (Å²) in [5.74, 6) is 0.636. The predicted molar refractivity (Wildman–Crippen MR) is 128 cm³/mol. The molecule has 0 atom stereocenters. The second-order valence-corrected chi connectivity index (χ2v) is 7.46. The van der Waals surface area contributed by atoms with Gasteiger partial charge in [-0.15, -0.1) is 10.2 Å². The first-order valence-electron chi connectivity index (χ1n) is 10.6. The fourth-order valence-electron chi connectivity index (χ4n) is 3.50. The number of urea groups is 1. The molecule has 3 aromatic heterocycles. The lowest BCUT2D eigenvalue weighted by atomic mass is 10.1. The molecular weight excluding hydrogens is 414 g/mol. The molecule has 0 saturated heterocycles. The smallest absolute Gasteiger partial charge is 0.308 e. The number of rotatable bonds is 5. The monoisotopic (exact) mass is 435 g/mol. The molecule has 3 heterocycles. The van der Waals surface area contributed by atoms with Crippen LogP contribution in [0.5, 0.6) is 0 Å². The largest absolute Gasteiger partial charge is 0.323 e. The third-order valence-electron chi connectivity index (χ3n) is 5.24. The maximum atomic E-state index is 12.5. The number of aryl methyl sites for hydroxylation is 1. The third kappa shape index (κ3) is 4.40. The van der Waals surface area contributed by atoms with Crippen molar-refractivity contribution in [3.63, 3.8) is 0 Å². The Morgan fingerprint density at radius 2 is 1.64 bits per heavy atom. The first kappa shape index (κ1) is 20.3. The Morgan fingerprint density at radius 1 is 0.848 bits per heavy atom. The standard InChI is InChI=1S/C25H21N7O/c1-2-17-6-8-20(9-7-17)27-25(33)28-21-5-3-4-19(16-21)22-10-11-23-29-30-24(32(23)31-22)18-12-14-26-15-13-18/h3-16H,2H2,1H3,(H2,27,28,33). The second-order valence-electron chi connectivity index (χ2n) is 7.46. The Kier molecular flexibility index (Phi) is 5.47. The molecule has 5 aromatic rings. The van der Waals surface area contributed by atoms with Gasteiger partial charge in [-0.25, -0.2) is 4.79 Å². The van der Waals surface area contributed by atoms with Gasteiger partial charge in [0.1, 0.15) is 0 Å². The molecule has 5 rings (SSSR count). The van der Waals surface area contributed by atoms with E-state index in [1.165, 1.54) is 5.56 Å². The van der Waals surface area contributed by atoms with Crippen LogP contribution in [0, 0.1) is 0 Å². The Hall–Kier alpha value is -4.59. The van der Waals surface area contributed by atoms with Gasteiger partial charge < -0.3 is 10.6 Å². The summed E-state index contributed by atoms with van der Waals surface area (Å²) in [7, 11) is 0. The zero-order valence-electron chi connectivity index (χ0n) is 17.9. The summed E-state index contributed by atoms with van der Waals surface area (Å²) in [6.45, 7) is 2.10. The van der Waals surface area contributed by atoms with E-state index in [4.69, 9.17) is 5.10 Å². The summed E-state index contributed by atoms with van der Waals surface area (Å²) in [5, 5.41) is 18.9. The topological polar surface area (TPSA) is 97.1 Å². The van der Waals surface area contributed by atoms with Crippen LogP contribution in [-0.4, -0.2) is 30.8 Å². The number of amides is 2. The zero-order chi connectivity index (χ0) is 22.6. The van der Waals surface area contributed by atoms with Crippen molar-refractivity contribution in [2.75, 3.05) is 10.6 Å². The van der Waals surface area contributed by atoms with Gasteiger partial charge >= 0.3 is 6.03 Å². The number of nitrogens with one attached hydrogen (secondary N) is 2. The number of carbonyl (C=O) groups is 1. The molecular formula is C25H21N7O. The van der Waals surface area contributed by atoms with Crippen LogP contribution in [0.25, 0.3) is 28.3 Å². The number of aromatic nitrogens is 5. The zero-order valence-corrected chi connectivity index (χ0v) is 17.9. The van der Waals surface area contributed by atoms with Crippen molar-refractivity contribution < 1.29 is 4.79 Å². The molecule has 0 aliphatic carbocycles. The van der Waals surface area contributed by atoms with E-state index in [9.17, 15) is 4.79 Å². The van der Waals surface area contributed by atoms with E-state index in [1.54, 1.807) is 16.9 Å². The van der Waals surface area contributed by atoms with Gasteiger partial charge in [0, 0.05) is 34.9 Å². The van der Waals surface area contributed by atoms with Crippen molar-refractivity contribution in [2.24, 2.45) is 0 Å². The lowest BCUT2D eigenvalue weighted by Gasteiger charge is -2.10. The van der Waals surface area contributed by atoms with Crippen molar-refractivity contribution in [3.8, 4) is 22.6 Å². The summed E-state index contributed by atoms with van der Waals surface area (Å²) in [6.07, 6.45) is 4.37. The van der Waals surface area contributed by atoms with E-state index in [0.29, 0.717) is 17.2 Å². The SMILES string of the molecule is CCc1ccc(NC(=O)Nc2cccc(-c3ccc4nnc(-c5ccncc5)n4n3)c2)cc1. The van der Waals surface area contributed by atoms with Crippen LogP contribution < -0.4 is 10.6 Å². The summed E-state index contributed by atoms with van der Waals surface area (Å²) in [6, 6.07) is 22.5. The van der Waals surface area contributed by atoms with Gasteiger partial charge in [0.25, 0.3) is 0 Å². The van der Waals surface area contributed by atoms with E-state index >= 15 is 0 Å². The minimum absolute atomic E-state index is 0.307. The average molecular weight is 435 g/mol. The number of benzene rings is 2. The van der Waals surface area contributed by atoms with Crippen molar-refractivity contribution in [2.45, 2.75) is 13.3 Å². The van der Waals surface area contributed by atoms with Gasteiger partial charge in [-0.05, 0) is 60.5 Å². The summed E-state index contributed by atoms with van der Waals surface area (Å²) < 4.78 is 1.71. The fourth-order valence-corrected chi connectivity index (χ4v) is 3.50. The Morgan fingerprint density at radius 3 is 2.42 bits per heavy atom. The van der Waals surface area contributed by atoms with Crippen molar-refractivity contribution >= 4 is 23.1 Å². The summed E-state index contributed by atoms with van der Waals surface area (Å²) >= 11 is 0. The highest BCUT2D eigenvalue weighted by Crippen LogP contribution is 2.23. The van der Waals surface area contributed by atoms with Gasteiger partial charge in [0.05, 0.1) is 5.69 Å². The molecule has 8 nitrogen and oxygen atoms in total. The van der Waals surface area contributed by atoms with E-state index in [2.05, 4.69) is 32.7 Å². The maximum absolute atomic E-state index is 12.5. The molecule has 2 N–H and O–H groups in total. The van der Waals surface area contributed by atoms with Crippen LogP contribution in [-0.2, 0) is 6.42 Å². The number of carbonyl (C=O) groups excluding carboxylic acids is 1. The van der Waals surface area contributed by atoms with Crippen molar-refractivity contribution in [1.29, 1.82) is 0 Å². The highest BCUT2D eigenvalue weighted by atomic mass is 16.2. The van der Waals surface area contributed by atoms with Gasteiger partial charge in [-0.1, -0.05) is 31.2 Å². The normalized spacial score (nSPS) is 10.8. The first-order valence-corrected chi connectivity index (χ1v) is 10.6. The number of pyridine rings is 1. The first-order chi connectivity index (χ1) is 16.2. The highest BCUT2D eigenvalue weighted by molar-refractivity contribution is 6.00. The van der Waals surface area contributed by atoms with E-state index in [1.807, 2.05) is 72.8 Å². The van der Waals surface area contributed by atoms with E-state index in [-0.39, 0.29) is 6.03 Å². The van der Waals surface area contributed by atoms with Gasteiger partial charge in [-0.3, -0.25) is 4.98 Å². The second kappa shape index (κ2) is 8.88. The van der Waals surface area contributed by atoms with Crippen LogP contribution in [0.2, 0.25) is 0 Å². The quantitative estimate of drug-likeness (QED) is 0.402. The number of hydrogen-bond acceptors (Lipinski definition) is 5. The van der Waals surface area contributed by atoms with Crippen molar-refractivity contribution in [1.82, 2.24) is 24.8 Å². The summed E-state index contributed by atoms with van der Waals surface area (Å²) in [5.41, 5.74) is 5.74. The Labute approximate surface area is 190 Å². The molecule has 0 bridgehead atoms. The number of nitrogens with zero attached hydrogens (tertiary/aromatic N) is 5. The Balaban J connectivity index is 1.37. The fraction of sp³-hybridized carbons (Fsp3) is 0.0800. The summed E-state index contributed by atoms with van der Waals surface area (Å²) in [4.78, 5) is 16.5. The molecule has 0 fully saturated rings. The molecule has 2 aromatic carbocycles. The average Bonchev–Trinajstić information content (AvgIpc) is 3.28. The van der Waals surface area contributed by atoms with Crippen LogP contribution >= 0.6 is 0 Å². The predicted octanol–water partition coefficient (Wildman–Crippen LogP) is 5.06. The van der Waals surface area contributed by atoms with Crippen LogP contribution in [0.4, 0.5) is 16.2 Å². The molecule has 0 aliphatic rings. The van der Waals surface area contributed by atoms with Crippen LogP contribution in [0.15, 0.2) is 85.2 Å². The van der Waals surface area contributed by atoms with Crippen LogP contribution in [0.1, 0.15) is 12.5 Å². The lowest BCUT2D eigenvalue weighted by Crippen LogP contribution is -2.19. The third-order valence-corrected chi connectivity index (χ3v) is 5.24. The van der Waals surface area contributed by atoms with E-state index in [0.717, 1.165) is 28.9 Å². The molecule has 162 valence electrons. The molecule has 0 unspecified atom stereocenters. The number of anilines is 2. The minimum Gasteiger partial charge on any atom is -0.308 e. The molecule has 0 saturated carbocycles. The molecule has 0 radical (unpaired) electrons. The Bertz CT molecular complexity index is 1410. The lowest BCUT2D eigenvalue weighted by molar-refractivity contribution is 0.262. The van der Waals surface area contributed by atoms with Gasteiger partial charge in [0.15, 0.2) is 11.5 Å². The van der Waals surface area contributed by atoms with Gasteiger partial charge in [0.2, 0.25) is 0 Å². The highest BCUT2D eigenvalue weighted by Gasteiger charge is 2.11. The molecule has 0 aliphatic heterocycles. The molecule has 2 amide bonds. The molecule has 33 heavy (non-hydrogen) atoms. The van der Waals surface area contributed by atoms with Gasteiger partial charge in [-0.2, -0.15) is 9.61 Å². The molecule has 0 spiro atoms. The number of hydrogen-bond donors (Lipinski definition) is 2.